The van der Waals surface area contributed by atoms with E-state index in [2.05, 4.69) is 14.9 Å². The van der Waals surface area contributed by atoms with Gasteiger partial charge in [0.25, 0.3) is 5.91 Å². The molecule has 4 rings (SSSR count). The Bertz CT molecular complexity index is 968. The van der Waals surface area contributed by atoms with Crippen LogP contribution in [0.15, 0.2) is 36.7 Å². The maximum absolute atomic E-state index is 13.2. The van der Waals surface area contributed by atoms with E-state index in [9.17, 15) is 9.90 Å². The molecule has 2 saturated heterocycles. The average Bonchev–Trinajstić information content (AvgIpc) is 2.79. The van der Waals surface area contributed by atoms with Crippen LogP contribution in [0, 0.1) is 6.92 Å². The van der Waals surface area contributed by atoms with Crippen molar-refractivity contribution in [1.82, 2.24) is 14.9 Å². The SMILES string of the molecule is COCC1CN(c2ncccn2)CC2(CCN(C(=O)c3ccc(C(C)(C)O)c(C)c3)CC2)O1. The Hall–Kier alpha value is -2.55. The highest BCUT2D eigenvalue weighted by molar-refractivity contribution is 5.94. The van der Waals surface area contributed by atoms with Crippen LogP contribution in [-0.4, -0.2) is 77.5 Å². The highest BCUT2D eigenvalue weighted by Gasteiger charge is 2.44. The van der Waals surface area contributed by atoms with Crippen LogP contribution >= 0.6 is 0 Å². The van der Waals surface area contributed by atoms with Crippen molar-refractivity contribution < 1.29 is 19.4 Å². The molecule has 8 heteroatoms. The molecule has 1 amide bonds. The summed E-state index contributed by atoms with van der Waals surface area (Å²) >= 11 is 0. The number of amides is 1. The Morgan fingerprint density at radius 2 is 1.97 bits per heavy atom. The minimum atomic E-state index is -0.936. The normalized spacial score (nSPS) is 20.8. The summed E-state index contributed by atoms with van der Waals surface area (Å²) in [6, 6.07) is 7.35. The summed E-state index contributed by atoms with van der Waals surface area (Å²) in [6.45, 7) is 8.55. The summed E-state index contributed by atoms with van der Waals surface area (Å²) in [7, 11) is 1.68. The van der Waals surface area contributed by atoms with Gasteiger partial charge in [-0.05, 0) is 62.9 Å². The number of carbonyl (C=O) groups is 1. The first kappa shape index (κ1) is 23.6. The van der Waals surface area contributed by atoms with Crippen molar-refractivity contribution in [2.24, 2.45) is 0 Å². The lowest BCUT2D eigenvalue weighted by atomic mass is 9.88. The zero-order valence-electron chi connectivity index (χ0n) is 20.0. The number of piperidine rings is 1. The van der Waals surface area contributed by atoms with Gasteiger partial charge in [0.2, 0.25) is 5.95 Å². The monoisotopic (exact) mass is 454 g/mol. The minimum absolute atomic E-state index is 0.0164. The number of rotatable bonds is 5. The molecule has 33 heavy (non-hydrogen) atoms. The van der Waals surface area contributed by atoms with Crippen LogP contribution in [0.1, 0.15) is 48.2 Å². The van der Waals surface area contributed by atoms with Crippen LogP contribution in [0.5, 0.6) is 0 Å². The summed E-state index contributed by atoms with van der Waals surface area (Å²) in [4.78, 5) is 26.1. The molecule has 2 aliphatic heterocycles. The van der Waals surface area contributed by atoms with Gasteiger partial charge in [0.1, 0.15) is 0 Å². The fraction of sp³-hybridized carbons (Fsp3) is 0.560. The standard InChI is InChI=1S/C25H34N4O4/c1-18-14-19(6-7-21(18)24(2,3)31)22(30)28-12-8-25(9-13-28)17-29(15-20(33-25)16-32-4)23-26-10-5-11-27-23/h5-7,10-11,14,20,31H,8-9,12-13,15-17H2,1-4H3. The van der Waals surface area contributed by atoms with Gasteiger partial charge in [-0.3, -0.25) is 4.79 Å². The predicted octanol–water partition coefficient (Wildman–Crippen LogP) is 2.54. The molecule has 1 unspecified atom stereocenters. The van der Waals surface area contributed by atoms with Crippen molar-refractivity contribution in [1.29, 1.82) is 0 Å². The fourth-order valence-electron chi connectivity index (χ4n) is 5.02. The van der Waals surface area contributed by atoms with Crippen LogP contribution < -0.4 is 4.90 Å². The Labute approximate surface area is 195 Å². The quantitative estimate of drug-likeness (QED) is 0.743. The second kappa shape index (κ2) is 9.37. The lowest BCUT2D eigenvalue weighted by Gasteiger charge is -2.49. The molecular formula is C25H34N4O4. The number of ether oxygens (including phenoxy) is 2. The molecule has 2 aliphatic rings. The van der Waals surface area contributed by atoms with Crippen molar-refractivity contribution >= 4 is 11.9 Å². The summed E-state index contributed by atoms with van der Waals surface area (Å²) < 4.78 is 11.9. The first-order valence-corrected chi connectivity index (χ1v) is 11.5. The molecule has 1 N–H and O–H groups in total. The summed E-state index contributed by atoms with van der Waals surface area (Å²) in [6.07, 6.45) is 4.91. The molecule has 2 aromatic rings. The van der Waals surface area contributed by atoms with Gasteiger partial charge >= 0.3 is 0 Å². The van der Waals surface area contributed by atoms with Crippen molar-refractivity contribution in [3.8, 4) is 0 Å². The number of methoxy groups -OCH3 is 1. The van der Waals surface area contributed by atoms with Crippen LogP contribution in [0.25, 0.3) is 0 Å². The van der Waals surface area contributed by atoms with Gasteiger partial charge in [-0.15, -0.1) is 0 Å². The maximum Gasteiger partial charge on any atom is 0.253 e. The number of hydrogen-bond donors (Lipinski definition) is 1. The summed E-state index contributed by atoms with van der Waals surface area (Å²) in [5, 5.41) is 10.3. The third kappa shape index (κ3) is 5.18. The van der Waals surface area contributed by atoms with Gasteiger partial charge in [0.05, 0.1) is 30.5 Å². The molecule has 2 fully saturated rings. The maximum atomic E-state index is 13.2. The van der Waals surface area contributed by atoms with Crippen molar-refractivity contribution in [2.75, 3.05) is 44.8 Å². The third-order valence-corrected chi connectivity index (χ3v) is 6.60. The number of carbonyl (C=O) groups excluding carboxylic acids is 1. The second-order valence-electron chi connectivity index (χ2n) is 9.69. The minimum Gasteiger partial charge on any atom is -0.386 e. The zero-order chi connectivity index (χ0) is 23.6. The second-order valence-corrected chi connectivity index (χ2v) is 9.69. The first-order valence-electron chi connectivity index (χ1n) is 11.5. The van der Waals surface area contributed by atoms with Gasteiger partial charge in [-0.1, -0.05) is 6.07 Å². The molecule has 8 nitrogen and oxygen atoms in total. The van der Waals surface area contributed by atoms with Gasteiger partial charge in [0.15, 0.2) is 0 Å². The number of morpholine rings is 1. The molecule has 3 heterocycles. The number of aryl methyl sites for hydroxylation is 1. The van der Waals surface area contributed by atoms with Crippen molar-refractivity contribution in [3.63, 3.8) is 0 Å². The van der Waals surface area contributed by atoms with Gasteiger partial charge in [-0.25, -0.2) is 9.97 Å². The number of benzene rings is 1. The summed E-state index contributed by atoms with van der Waals surface area (Å²) in [5.74, 6) is 0.713. The van der Waals surface area contributed by atoms with Crippen LogP contribution in [-0.2, 0) is 15.1 Å². The number of likely N-dealkylation sites (tertiary alicyclic amines) is 1. The number of aliphatic hydroxyl groups is 1. The van der Waals surface area contributed by atoms with E-state index in [1.807, 2.05) is 36.1 Å². The van der Waals surface area contributed by atoms with Crippen LogP contribution in [0.2, 0.25) is 0 Å². The lowest BCUT2D eigenvalue weighted by Crippen LogP contribution is -2.61. The van der Waals surface area contributed by atoms with Gasteiger partial charge < -0.3 is 24.4 Å². The topological polar surface area (TPSA) is 88.0 Å². The van der Waals surface area contributed by atoms with Crippen molar-refractivity contribution in [3.05, 3.63) is 53.3 Å². The molecule has 1 aromatic carbocycles. The van der Waals surface area contributed by atoms with Crippen molar-refractivity contribution in [2.45, 2.75) is 50.9 Å². The number of hydrogen-bond acceptors (Lipinski definition) is 7. The van der Waals surface area contributed by atoms with Gasteiger partial charge in [-0.2, -0.15) is 0 Å². The Kier molecular flexibility index (Phi) is 6.70. The molecule has 0 aliphatic carbocycles. The van der Waals surface area contributed by atoms with E-state index >= 15 is 0 Å². The summed E-state index contributed by atoms with van der Waals surface area (Å²) in [5.41, 5.74) is 1.10. The Morgan fingerprint density at radius 3 is 2.58 bits per heavy atom. The fourth-order valence-corrected chi connectivity index (χ4v) is 5.02. The van der Waals surface area contributed by atoms with Crippen LogP contribution in [0.3, 0.4) is 0 Å². The number of aromatic nitrogens is 2. The molecule has 0 bridgehead atoms. The van der Waals surface area contributed by atoms with Gasteiger partial charge in [0, 0.05) is 44.7 Å². The number of nitrogens with zero attached hydrogens (tertiary/aromatic N) is 4. The Morgan fingerprint density at radius 1 is 1.27 bits per heavy atom. The van der Waals surface area contributed by atoms with Crippen LogP contribution in [0.4, 0.5) is 5.95 Å². The van der Waals surface area contributed by atoms with E-state index in [1.54, 1.807) is 33.4 Å². The molecule has 178 valence electrons. The largest absolute Gasteiger partial charge is 0.386 e. The predicted molar refractivity (Wildman–Crippen MR) is 125 cm³/mol. The molecule has 1 spiro atoms. The molecule has 0 radical (unpaired) electrons. The van der Waals surface area contributed by atoms with E-state index < -0.39 is 5.60 Å². The Balaban J connectivity index is 1.46. The molecule has 1 atom stereocenters. The third-order valence-electron chi connectivity index (χ3n) is 6.60. The zero-order valence-corrected chi connectivity index (χ0v) is 20.0. The van der Waals surface area contributed by atoms with E-state index in [0.29, 0.717) is 44.3 Å². The molecule has 1 aromatic heterocycles. The smallest absolute Gasteiger partial charge is 0.253 e. The lowest BCUT2D eigenvalue weighted by molar-refractivity contribution is -0.145. The van der Waals surface area contributed by atoms with E-state index in [1.165, 1.54) is 0 Å². The van der Waals surface area contributed by atoms with E-state index in [-0.39, 0.29) is 17.6 Å². The highest BCUT2D eigenvalue weighted by Crippen LogP contribution is 2.34. The van der Waals surface area contributed by atoms with E-state index in [0.717, 1.165) is 24.0 Å². The highest BCUT2D eigenvalue weighted by atomic mass is 16.5. The molecular weight excluding hydrogens is 420 g/mol. The molecule has 0 saturated carbocycles. The average molecular weight is 455 g/mol. The first-order chi connectivity index (χ1) is 15.7. The number of anilines is 1. The van der Waals surface area contributed by atoms with E-state index in [4.69, 9.17) is 9.47 Å².